The van der Waals surface area contributed by atoms with Gasteiger partial charge in [-0.1, -0.05) is 58.8 Å². The summed E-state index contributed by atoms with van der Waals surface area (Å²) in [5, 5.41) is 0. The number of nitrogens with zero attached hydrogens (tertiary/aromatic N) is 1. The van der Waals surface area contributed by atoms with Crippen LogP contribution < -0.4 is 5.73 Å². The molecule has 2 N–H and O–H groups in total. The summed E-state index contributed by atoms with van der Waals surface area (Å²) in [6.45, 7) is 7.69. The molecule has 0 rings (SSSR count). The fraction of sp³-hybridized carbons (Fsp3) is 1.00. The van der Waals surface area contributed by atoms with Gasteiger partial charge in [0.2, 0.25) is 0 Å². The third kappa shape index (κ3) is 12.2. The molecule has 0 aromatic heterocycles. The first kappa shape index (κ1) is 16.9. The Hall–Kier alpha value is -0.0800. The molecule has 0 saturated heterocycles. The van der Waals surface area contributed by atoms with Gasteiger partial charge in [-0.25, -0.2) is 0 Å². The summed E-state index contributed by atoms with van der Waals surface area (Å²) in [6, 6.07) is 0. The minimum absolute atomic E-state index is 0.633. The highest BCUT2D eigenvalue weighted by molar-refractivity contribution is 4.59. The number of hydrogen-bond acceptors (Lipinski definition) is 2. The SMILES string of the molecule is CCCCCCCCCCN(C)CC(C)CN. The van der Waals surface area contributed by atoms with Gasteiger partial charge in [0, 0.05) is 6.54 Å². The lowest BCUT2D eigenvalue weighted by atomic mass is 10.1. The Kier molecular flexibility index (Phi) is 12.3. The van der Waals surface area contributed by atoms with Crippen LogP contribution in [0.2, 0.25) is 0 Å². The van der Waals surface area contributed by atoms with Crippen molar-refractivity contribution < 1.29 is 0 Å². The van der Waals surface area contributed by atoms with Crippen molar-refractivity contribution in [3.05, 3.63) is 0 Å². The van der Waals surface area contributed by atoms with E-state index in [0.29, 0.717) is 5.92 Å². The van der Waals surface area contributed by atoms with E-state index in [2.05, 4.69) is 25.8 Å². The Morgan fingerprint density at radius 3 is 2.00 bits per heavy atom. The molecule has 0 aromatic rings. The van der Waals surface area contributed by atoms with Crippen molar-refractivity contribution in [1.29, 1.82) is 0 Å². The molecule has 2 heteroatoms. The Morgan fingerprint density at radius 1 is 0.941 bits per heavy atom. The van der Waals surface area contributed by atoms with Gasteiger partial charge >= 0.3 is 0 Å². The lowest BCUT2D eigenvalue weighted by Gasteiger charge is -2.20. The molecule has 0 fully saturated rings. The van der Waals surface area contributed by atoms with Crippen molar-refractivity contribution >= 4 is 0 Å². The maximum Gasteiger partial charge on any atom is 0.00160 e. The van der Waals surface area contributed by atoms with Crippen molar-refractivity contribution in [2.75, 3.05) is 26.7 Å². The second-order valence-electron chi connectivity index (χ2n) is 5.58. The van der Waals surface area contributed by atoms with E-state index in [0.717, 1.165) is 13.1 Å². The van der Waals surface area contributed by atoms with Gasteiger partial charge in [-0.15, -0.1) is 0 Å². The van der Waals surface area contributed by atoms with Crippen LogP contribution in [-0.4, -0.2) is 31.6 Å². The lowest BCUT2D eigenvalue weighted by Crippen LogP contribution is -2.29. The quantitative estimate of drug-likeness (QED) is 0.529. The molecular formula is C15H34N2. The maximum absolute atomic E-state index is 5.63. The van der Waals surface area contributed by atoms with Crippen LogP contribution in [0.1, 0.15) is 65.2 Å². The van der Waals surface area contributed by atoms with E-state index in [1.165, 1.54) is 57.9 Å². The smallest absolute Gasteiger partial charge is 0.00160 e. The van der Waals surface area contributed by atoms with Gasteiger partial charge in [-0.3, -0.25) is 0 Å². The molecule has 2 nitrogen and oxygen atoms in total. The van der Waals surface area contributed by atoms with Crippen molar-refractivity contribution in [2.45, 2.75) is 65.2 Å². The Bertz CT molecular complexity index is 148. The molecule has 0 aliphatic rings. The topological polar surface area (TPSA) is 29.3 Å². The molecular weight excluding hydrogens is 208 g/mol. The molecule has 0 aromatic carbocycles. The van der Waals surface area contributed by atoms with Gasteiger partial charge in [-0.2, -0.15) is 0 Å². The summed E-state index contributed by atoms with van der Waals surface area (Å²) in [4.78, 5) is 2.43. The highest BCUT2D eigenvalue weighted by Crippen LogP contribution is 2.08. The van der Waals surface area contributed by atoms with E-state index >= 15 is 0 Å². The molecule has 0 bridgehead atoms. The lowest BCUT2D eigenvalue weighted by molar-refractivity contribution is 0.282. The average Bonchev–Trinajstić information content (AvgIpc) is 2.32. The van der Waals surface area contributed by atoms with E-state index in [-0.39, 0.29) is 0 Å². The second kappa shape index (κ2) is 12.4. The summed E-state index contributed by atoms with van der Waals surface area (Å²) < 4.78 is 0. The van der Waals surface area contributed by atoms with Gasteiger partial charge in [0.15, 0.2) is 0 Å². The molecule has 0 aliphatic carbocycles. The first-order chi connectivity index (χ1) is 8.20. The van der Waals surface area contributed by atoms with E-state index in [1.54, 1.807) is 0 Å². The fourth-order valence-corrected chi connectivity index (χ4v) is 2.21. The van der Waals surface area contributed by atoms with Gasteiger partial charge in [0.05, 0.1) is 0 Å². The molecule has 104 valence electrons. The Morgan fingerprint density at radius 2 is 1.47 bits per heavy atom. The van der Waals surface area contributed by atoms with Crippen LogP contribution in [0.15, 0.2) is 0 Å². The normalized spacial score (nSPS) is 13.2. The van der Waals surface area contributed by atoms with Gasteiger partial charge < -0.3 is 10.6 Å². The number of rotatable bonds is 12. The van der Waals surface area contributed by atoms with Crippen LogP contribution in [0.25, 0.3) is 0 Å². The van der Waals surface area contributed by atoms with Crippen molar-refractivity contribution in [3.8, 4) is 0 Å². The van der Waals surface area contributed by atoms with Crippen LogP contribution in [0.5, 0.6) is 0 Å². The monoisotopic (exact) mass is 242 g/mol. The Labute approximate surface area is 109 Å². The van der Waals surface area contributed by atoms with Crippen LogP contribution in [-0.2, 0) is 0 Å². The first-order valence-electron chi connectivity index (χ1n) is 7.59. The third-order valence-electron chi connectivity index (χ3n) is 3.42. The molecule has 0 saturated carbocycles. The zero-order chi connectivity index (χ0) is 12.9. The fourth-order valence-electron chi connectivity index (χ4n) is 2.21. The van der Waals surface area contributed by atoms with Crippen molar-refractivity contribution in [3.63, 3.8) is 0 Å². The minimum atomic E-state index is 0.633. The highest BCUT2D eigenvalue weighted by Gasteiger charge is 2.03. The second-order valence-corrected chi connectivity index (χ2v) is 5.58. The average molecular weight is 242 g/mol. The molecule has 17 heavy (non-hydrogen) atoms. The summed E-state index contributed by atoms with van der Waals surface area (Å²) in [5.74, 6) is 0.633. The number of unbranched alkanes of at least 4 members (excludes halogenated alkanes) is 7. The summed E-state index contributed by atoms with van der Waals surface area (Å²) in [6.07, 6.45) is 11.2. The molecule has 0 heterocycles. The van der Waals surface area contributed by atoms with Crippen LogP contribution in [0.4, 0.5) is 0 Å². The van der Waals surface area contributed by atoms with E-state index in [1.807, 2.05) is 0 Å². The standard InChI is InChI=1S/C15H34N2/c1-4-5-6-7-8-9-10-11-12-17(3)14-15(2)13-16/h15H,4-14,16H2,1-3H3. The minimum Gasteiger partial charge on any atom is -0.330 e. The summed E-state index contributed by atoms with van der Waals surface area (Å²) in [7, 11) is 2.22. The molecule has 0 amide bonds. The summed E-state index contributed by atoms with van der Waals surface area (Å²) in [5.41, 5.74) is 5.63. The number of hydrogen-bond donors (Lipinski definition) is 1. The van der Waals surface area contributed by atoms with Crippen LogP contribution in [0.3, 0.4) is 0 Å². The van der Waals surface area contributed by atoms with Gasteiger partial charge in [0.1, 0.15) is 0 Å². The first-order valence-corrected chi connectivity index (χ1v) is 7.59. The Balaban J connectivity index is 3.16. The number of nitrogens with two attached hydrogens (primary N) is 1. The maximum atomic E-state index is 5.63. The predicted octanol–water partition coefficient (Wildman–Crippen LogP) is 3.65. The predicted molar refractivity (Wildman–Crippen MR) is 78.3 cm³/mol. The zero-order valence-electron chi connectivity index (χ0n) is 12.4. The van der Waals surface area contributed by atoms with Gasteiger partial charge in [0.25, 0.3) is 0 Å². The third-order valence-corrected chi connectivity index (χ3v) is 3.42. The van der Waals surface area contributed by atoms with E-state index in [4.69, 9.17) is 5.73 Å². The zero-order valence-corrected chi connectivity index (χ0v) is 12.4. The molecule has 1 unspecified atom stereocenters. The molecule has 1 atom stereocenters. The van der Waals surface area contributed by atoms with Crippen molar-refractivity contribution in [2.24, 2.45) is 11.7 Å². The van der Waals surface area contributed by atoms with E-state index in [9.17, 15) is 0 Å². The van der Waals surface area contributed by atoms with Crippen LogP contribution >= 0.6 is 0 Å². The van der Waals surface area contributed by atoms with Gasteiger partial charge in [-0.05, 0) is 32.5 Å². The molecule has 0 spiro atoms. The summed E-state index contributed by atoms with van der Waals surface area (Å²) >= 11 is 0. The van der Waals surface area contributed by atoms with E-state index < -0.39 is 0 Å². The van der Waals surface area contributed by atoms with Crippen molar-refractivity contribution in [1.82, 2.24) is 4.90 Å². The largest absolute Gasteiger partial charge is 0.330 e. The highest BCUT2D eigenvalue weighted by atomic mass is 15.1. The molecule has 0 radical (unpaired) electrons. The molecule has 0 aliphatic heterocycles. The van der Waals surface area contributed by atoms with Crippen LogP contribution in [0, 0.1) is 5.92 Å².